The predicted octanol–water partition coefficient (Wildman–Crippen LogP) is 0.310. The summed E-state index contributed by atoms with van der Waals surface area (Å²) in [5.41, 5.74) is 0.747. The van der Waals surface area contributed by atoms with Crippen LogP contribution in [0.3, 0.4) is 0 Å². The van der Waals surface area contributed by atoms with Gasteiger partial charge in [-0.3, -0.25) is 9.69 Å². The van der Waals surface area contributed by atoms with Crippen LogP contribution in [0.1, 0.15) is 0 Å². The number of β-amino-alcohol motifs (C(OH)–C–C–N with tert-alkyl or cyclic N) is 1. The summed E-state index contributed by atoms with van der Waals surface area (Å²) < 4.78 is 5.03. The number of benzene rings is 1. The van der Waals surface area contributed by atoms with Gasteiger partial charge in [0.05, 0.1) is 19.8 Å². The number of carbonyl (C=O) groups excluding carboxylic acids is 1. The quantitative estimate of drug-likeness (QED) is 0.790. The summed E-state index contributed by atoms with van der Waals surface area (Å²) in [7, 11) is 1.60. The number of hydrogen-bond donors (Lipinski definition) is 2. The molecule has 1 aromatic rings. The molecule has 0 radical (unpaired) electrons. The number of ether oxygens (including phenoxy) is 1. The second-order valence-electron chi connectivity index (χ2n) is 4.12. The lowest BCUT2D eigenvalue weighted by Crippen LogP contribution is -2.53. The molecule has 5 nitrogen and oxygen atoms in total. The molecule has 0 saturated carbocycles. The average molecular weight is 236 g/mol. The minimum Gasteiger partial charge on any atom is -0.497 e. The maximum Gasteiger partial charge on any atom is 0.238 e. The Kier molecular flexibility index (Phi) is 3.61. The number of aliphatic hydroxyl groups is 1. The zero-order valence-corrected chi connectivity index (χ0v) is 9.72. The molecular weight excluding hydrogens is 220 g/mol. The molecule has 0 bridgehead atoms. The number of aliphatic hydroxyl groups excluding tert-OH is 1. The van der Waals surface area contributed by atoms with E-state index in [9.17, 15) is 4.79 Å². The van der Waals surface area contributed by atoms with Gasteiger partial charge in [0.25, 0.3) is 0 Å². The van der Waals surface area contributed by atoms with E-state index in [1.807, 2.05) is 4.90 Å². The van der Waals surface area contributed by atoms with Crippen molar-refractivity contribution >= 4 is 11.6 Å². The van der Waals surface area contributed by atoms with Gasteiger partial charge in [-0.1, -0.05) is 0 Å². The molecule has 17 heavy (non-hydrogen) atoms. The number of nitrogens with zero attached hydrogens (tertiary/aromatic N) is 1. The van der Waals surface area contributed by atoms with Gasteiger partial charge in [0.2, 0.25) is 5.91 Å². The fraction of sp³-hybridized carbons (Fsp3) is 0.417. The molecule has 1 aromatic carbocycles. The molecule has 2 rings (SSSR count). The van der Waals surface area contributed by atoms with Crippen LogP contribution >= 0.6 is 0 Å². The van der Waals surface area contributed by atoms with Gasteiger partial charge in [-0.05, 0) is 24.3 Å². The first-order chi connectivity index (χ1) is 8.17. The minimum atomic E-state index is -0.274. The summed E-state index contributed by atoms with van der Waals surface area (Å²) >= 11 is 0. The SMILES string of the molecule is COc1ccc(NC(=O)CN2CC(O)C2)cc1. The van der Waals surface area contributed by atoms with Crippen molar-refractivity contribution in [3.63, 3.8) is 0 Å². The topological polar surface area (TPSA) is 61.8 Å². The highest BCUT2D eigenvalue weighted by Crippen LogP contribution is 2.15. The van der Waals surface area contributed by atoms with Crippen LogP contribution in [0.4, 0.5) is 5.69 Å². The molecule has 1 saturated heterocycles. The zero-order valence-electron chi connectivity index (χ0n) is 9.72. The van der Waals surface area contributed by atoms with E-state index in [2.05, 4.69) is 5.32 Å². The van der Waals surface area contributed by atoms with Crippen molar-refractivity contribution < 1.29 is 14.6 Å². The van der Waals surface area contributed by atoms with Crippen molar-refractivity contribution in [2.24, 2.45) is 0 Å². The summed E-state index contributed by atoms with van der Waals surface area (Å²) in [5, 5.41) is 11.9. The molecule has 1 amide bonds. The van der Waals surface area contributed by atoms with E-state index >= 15 is 0 Å². The van der Waals surface area contributed by atoms with Crippen LogP contribution < -0.4 is 10.1 Å². The van der Waals surface area contributed by atoms with Crippen LogP contribution in [0.2, 0.25) is 0 Å². The lowest BCUT2D eigenvalue weighted by molar-refractivity contribution is -0.119. The Bertz CT molecular complexity index is 385. The first-order valence-electron chi connectivity index (χ1n) is 5.51. The molecular formula is C12H16N2O3. The van der Waals surface area contributed by atoms with Gasteiger partial charge < -0.3 is 15.2 Å². The largest absolute Gasteiger partial charge is 0.497 e. The van der Waals surface area contributed by atoms with Gasteiger partial charge in [-0.2, -0.15) is 0 Å². The molecule has 1 heterocycles. The molecule has 0 aliphatic carbocycles. The Balaban J connectivity index is 1.81. The average Bonchev–Trinajstić information content (AvgIpc) is 2.28. The molecule has 1 fully saturated rings. The molecule has 0 aromatic heterocycles. The molecule has 2 N–H and O–H groups in total. The number of carbonyl (C=O) groups is 1. The Labute approximate surface area is 100.0 Å². The summed E-state index contributed by atoms with van der Waals surface area (Å²) in [5.74, 6) is 0.691. The van der Waals surface area contributed by atoms with Crippen molar-refractivity contribution in [2.45, 2.75) is 6.10 Å². The first kappa shape index (κ1) is 11.9. The molecule has 1 aliphatic rings. The number of nitrogens with one attached hydrogen (secondary N) is 1. The summed E-state index contributed by atoms with van der Waals surface area (Å²) in [6.07, 6.45) is -0.274. The normalized spacial score (nSPS) is 16.4. The highest BCUT2D eigenvalue weighted by molar-refractivity contribution is 5.92. The smallest absolute Gasteiger partial charge is 0.238 e. The van der Waals surface area contributed by atoms with E-state index in [1.54, 1.807) is 31.4 Å². The van der Waals surface area contributed by atoms with Crippen LogP contribution in [0.15, 0.2) is 24.3 Å². The standard InChI is InChI=1S/C12H16N2O3/c1-17-11-4-2-9(3-5-11)13-12(16)8-14-6-10(15)7-14/h2-5,10,15H,6-8H2,1H3,(H,13,16). The van der Waals surface area contributed by atoms with Crippen LogP contribution in [0.5, 0.6) is 5.75 Å². The predicted molar refractivity (Wildman–Crippen MR) is 64.1 cm³/mol. The maximum atomic E-state index is 11.6. The van der Waals surface area contributed by atoms with Gasteiger partial charge >= 0.3 is 0 Å². The third-order valence-electron chi connectivity index (χ3n) is 2.68. The first-order valence-corrected chi connectivity index (χ1v) is 5.51. The molecule has 0 atom stereocenters. The van der Waals surface area contributed by atoms with Crippen LogP contribution in [0.25, 0.3) is 0 Å². The Morgan fingerprint density at radius 1 is 1.47 bits per heavy atom. The molecule has 92 valence electrons. The number of rotatable bonds is 4. The Hall–Kier alpha value is -1.59. The Morgan fingerprint density at radius 2 is 2.12 bits per heavy atom. The van der Waals surface area contributed by atoms with E-state index in [0.717, 1.165) is 11.4 Å². The van der Waals surface area contributed by atoms with Crippen molar-refractivity contribution in [3.8, 4) is 5.75 Å². The number of amides is 1. The van der Waals surface area contributed by atoms with Gasteiger partial charge in [0.15, 0.2) is 0 Å². The number of likely N-dealkylation sites (tertiary alicyclic amines) is 1. The van der Waals surface area contributed by atoms with Gasteiger partial charge in [0.1, 0.15) is 5.75 Å². The van der Waals surface area contributed by atoms with Crippen molar-refractivity contribution in [3.05, 3.63) is 24.3 Å². The lowest BCUT2D eigenvalue weighted by atomic mass is 10.2. The van der Waals surface area contributed by atoms with E-state index in [4.69, 9.17) is 9.84 Å². The van der Waals surface area contributed by atoms with E-state index in [1.165, 1.54) is 0 Å². The molecule has 1 aliphatic heterocycles. The van der Waals surface area contributed by atoms with Crippen LogP contribution in [0, 0.1) is 0 Å². The molecule has 5 heteroatoms. The van der Waals surface area contributed by atoms with Gasteiger partial charge in [-0.25, -0.2) is 0 Å². The number of hydrogen-bond acceptors (Lipinski definition) is 4. The van der Waals surface area contributed by atoms with Crippen LogP contribution in [-0.2, 0) is 4.79 Å². The summed E-state index contributed by atoms with van der Waals surface area (Å²) in [6.45, 7) is 1.48. The number of anilines is 1. The number of methoxy groups -OCH3 is 1. The van der Waals surface area contributed by atoms with Gasteiger partial charge in [-0.15, -0.1) is 0 Å². The van der Waals surface area contributed by atoms with Crippen molar-refractivity contribution in [1.82, 2.24) is 4.90 Å². The summed E-state index contributed by atoms with van der Waals surface area (Å²) in [4.78, 5) is 13.5. The van der Waals surface area contributed by atoms with E-state index < -0.39 is 0 Å². The second kappa shape index (κ2) is 5.16. The second-order valence-corrected chi connectivity index (χ2v) is 4.12. The minimum absolute atomic E-state index is 0.0675. The van der Waals surface area contributed by atoms with E-state index in [0.29, 0.717) is 19.6 Å². The third-order valence-corrected chi connectivity index (χ3v) is 2.68. The lowest BCUT2D eigenvalue weighted by Gasteiger charge is -2.34. The highest BCUT2D eigenvalue weighted by Gasteiger charge is 2.25. The molecule has 0 unspecified atom stereocenters. The van der Waals surface area contributed by atoms with Gasteiger partial charge in [0, 0.05) is 18.8 Å². The van der Waals surface area contributed by atoms with Crippen LogP contribution in [-0.4, -0.2) is 48.8 Å². The van der Waals surface area contributed by atoms with Crippen molar-refractivity contribution in [1.29, 1.82) is 0 Å². The van der Waals surface area contributed by atoms with Crippen molar-refractivity contribution in [2.75, 3.05) is 32.1 Å². The van der Waals surface area contributed by atoms with E-state index in [-0.39, 0.29) is 12.0 Å². The Morgan fingerprint density at radius 3 is 2.65 bits per heavy atom. The molecule has 0 spiro atoms. The fourth-order valence-corrected chi connectivity index (χ4v) is 1.75. The third kappa shape index (κ3) is 3.18. The highest BCUT2D eigenvalue weighted by atomic mass is 16.5. The summed E-state index contributed by atoms with van der Waals surface area (Å²) in [6, 6.07) is 7.18. The maximum absolute atomic E-state index is 11.6. The monoisotopic (exact) mass is 236 g/mol. The fourth-order valence-electron chi connectivity index (χ4n) is 1.75. The zero-order chi connectivity index (χ0) is 12.3.